The SMILES string of the molecule is CCNC(Cc1ccoc1)c1ccc(Br)s1. The van der Waals surface area contributed by atoms with Gasteiger partial charge in [0.15, 0.2) is 0 Å². The zero-order chi connectivity index (χ0) is 11.4. The van der Waals surface area contributed by atoms with E-state index < -0.39 is 0 Å². The summed E-state index contributed by atoms with van der Waals surface area (Å²) in [6.07, 6.45) is 4.51. The molecule has 2 aromatic rings. The Morgan fingerprint density at radius 3 is 2.88 bits per heavy atom. The molecule has 1 unspecified atom stereocenters. The van der Waals surface area contributed by atoms with Gasteiger partial charge in [-0.15, -0.1) is 11.3 Å². The van der Waals surface area contributed by atoms with Crippen molar-refractivity contribution in [1.82, 2.24) is 5.32 Å². The summed E-state index contributed by atoms with van der Waals surface area (Å²) in [5.74, 6) is 0. The van der Waals surface area contributed by atoms with Crippen LogP contribution < -0.4 is 5.32 Å². The highest BCUT2D eigenvalue weighted by Crippen LogP contribution is 2.29. The largest absolute Gasteiger partial charge is 0.472 e. The van der Waals surface area contributed by atoms with Crippen LogP contribution in [0.1, 0.15) is 23.4 Å². The van der Waals surface area contributed by atoms with Crippen molar-refractivity contribution in [2.24, 2.45) is 0 Å². The van der Waals surface area contributed by atoms with Crippen LogP contribution in [-0.2, 0) is 6.42 Å². The minimum absolute atomic E-state index is 0.374. The quantitative estimate of drug-likeness (QED) is 0.903. The van der Waals surface area contributed by atoms with E-state index in [1.54, 1.807) is 17.6 Å². The van der Waals surface area contributed by atoms with Crippen molar-refractivity contribution in [3.05, 3.63) is 45.0 Å². The number of halogens is 1. The van der Waals surface area contributed by atoms with Gasteiger partial charge >= 0.3 is 0 Å². The molecule has 2 rings (SSSR count). The third-order valence-corrected chi connectivity index (χ3v) is 4.15. The molecule has 86 valence electrons. The van der Waals surface area contributed by atoms with E-state index in [1.165, 1.54) is 14.2 Å². The molecule has 2 aromatic heterocycles. The number of furan rings is 1. The first kappa shape index (κ1) is 11.9. The standard InChI is InChI=1S/C12H14BrNOS/c1-2-14-10(7-9-5-6-15-8-9)11-3-4-12(13)16-11/h3-6,8,10,14H,2,7H2,1H3. The second-order valence-electron chi connectivity index (χ2n) is 3.59. The zero-order valence-electron chi connectivity index (χ0n) is 9.07. The minimum Gasteiger partial charge on any atom is -0.472 e. The van der Waals surface area contributed by atoms with Crippen molar-refractivity contribution in [3.8, 4) is 0 Å². The minimum atomic E-state index is 0.374. The molecule has 1 atom stereocenters. The monoisotopic (exact) mass is 299 g/mol. The zero-order valence-corrected chi connectivity index (χ0v) is 11.5. The number of hydrogen-bond donors (Lipinski definition) is 1. The molecule has 16 heavy (non-hydrogen) atoms. The Bertz CT molecular complexity index is 424. The molecule has 0 amide bonds. The summed E-state index contributed by atoms with van der Waals surface area (Å²) in [7, 11) is 0. The van der Waals surface area contributed by atoms with Gasteiger partial charge in [0, 0.05) is 10.9 Å². The highest BCUT2D eigenvalue weighted by molar-refractivity contribution is 9.11. The van der Waals surface area contributed by atoms with Crippen molar-refractivity contribution >= 4 is 27.3 Å². The Hall–Kier alpha value is -0.580. The Kier molecular flexibility index (Phi) is 4.21. The molecule has 0 saturated carbocycles. The van der Waals surface area contributed by atoms with E-state index in [9.17, 15) is 0 Å². The normalized spacial score (nSPS) is 12.9. The Balaban J connectivity index is 2.11. The Morgan fingerprint density at radius 2 is 2.31 bits per heavy atom. The summed E-state index contributed by atoms with van der Waals surface area (Å²) in [5.41, 5.74) is 1.23. The highest BCUT2D eigenvalue weighted by atomic mass is 79.9. The molecule has 1 N–H and O–H groups in total. The molecular weight excluding hydrogens is 286 g/mol. The fourth-order valence-corrected chi connectivity index (χ4v) is 3.18. The smallest absolute Gasteiger partial charge is 0.0935 e. The number of hydrogen-bond acceptors (Lipinski definition) is 3. The van der Waals surface area contributed by atoms with E-state index in [2.05, 4.69) is 40.3 Å². The van der Waals surface area contributed by atoms with Crippen molar-refractivity contribution in [2.45, 2.75) is 19.4 Å². The van der Waals surface area contributed by atoms with Gasteiger partial charge in [0.25, 0.3) is 0 Å². The molecule has 0 radical (unpaired) electrons. The van der Waals surface area contributed by atoms with E-state index in [0.29, 0.717) is 6.04 Å². The molecule has 2 heterocycles. The van der Waals surface area contributed by atoms with E-state index in [1.807, 2.05) is 12.3 Å². The lowest BCUT2D eigenvalue weighted by atomic mass is 10.1. The van der Waals surface area contributed by atoms with Gasteiger partial charge in [0.2, 0.25) is 0 Å². The van der Waals surface area contributed by atoms with Gasteiger partial charge in [0.1, 0.15) is 0 Å². The fraction of sp³-hybridized carbons (Fsp3) is 0.333. The van der Waals surface area contributed by atoms with Crippen molar-refractivity contribution in [1.29, 1.82) is 0 Å². The first-order chi connectivity index (χ1) is 7.79. The van der Waals surface area contributed by atoms with Gasteiger partial charge in [-0.2, -0.15) is 0 Å². The van der Waals surface area contributed by atoms with Gasteiger partial charge < -0.3 is 9.73 Å². The molecule has 0 aliphatic heterocycles. The molecule has 2 nitrogen and oxygen atoms in total. The lowest BCUT2D eigenvalue weighted by Gasteiger charge is -2.15. The van der Waals surface area contributed by atoms with Crippen LogP contribution in [0.5, 0.6) is 0 Å². The third-order valence-electron chi connectivity index (χ3n) is 2.41. The molecule has 0 bridgehead atoms. The molecule has 0 fully saturated rings. The predicted molar refractivity (Wildman–Crippen MR) is 70.8 cm³/mol. The van der Waals surface area contributed by atoms with E-state index in [0.717, 1.165) is 13.0 Å². The van der Waals surface area contributed by atoms with Crippen molar-refractivity contribution < 1.29 is 4.42 Å². The lowest BCUT2D eigenvalue weighted by Crippen LogP contribution is -2.21. The molecule has 4 heteroatoms. The van der Waals surface area contributed by atoms with Crippen LogP contribution >= 0.6 is 27.3 Å². The molecule has 0 spiro atoms. The first-order valence-electron chi connectivity index (χ1n) is 5.29. The van der Waals surface area contributed by atoms with Crippen LogP contribution in [0.3, 0.4) is 0 Å². The van der Waals surface area contributed by atoms with E-state index >= 15 is 0 Å². The van der Waals surface area contributed by atoms with Crippen LogP contribution in [0.4, 0.5) is 0 Å². The second kappa shape index (κ2) is 5.66. The van der Waals surface area contributed by atoms with Gasteiger partial charge in [0.05, 0.1) is 16.3 Å². The number of likely N-dealkylation sites (N-methyl/N-ethyl adjacent to an activating group) is 1. The van der Waals surface area contributed by atoms with E-state index in [4.69, 9.17) is 4.42 Å². The van der Waals surface area contributed by atoms with Gasteiger partial charge in [-0.3, -0.25) is 0 Å². The Labute approximate surface area is 108 Å². The van der Waals surface area contributed by atoms with Gasteiger partial charge in [-0.05, 0) is 52.7 Å². The topological polar surface area (TPSA) is 25.2 Å². The summed E-state index contributed by atoms with van der Waals surface area (Å²) in [4.78, 5) is 1.36. The molecule has 0 saturated heterocycles. The summed E-state index contributed by atoms with van der Waals surface area (Å²) in [6.45, 7) is 3.10. The summed E-state index contributed by atoms with van der Waals surface area (Å²) >= 11 is 5.28. The number of nitrogens with one attached hydrogen (secondary N) is 1. The fourth-order valence-electron chi connectivity index (χ4n) is 1.68. The average Bonchev–Trinajstić information content (AvgIpc) is 2.88. The van der Waals surface area contributed by atoms with Crippen molar-refractivity contribution in [3.63, 3.8) is 0 Å². The van der Waals surface area contributed by atoms with E-state index in [-0.39, 0.29) is 0 Å². The van der Waals surface area contributed by atoms with Crippen LogP contribution in [0.15, 0.2) is 38.9 Å². The average molecular weight is 300 g/mol. The Morgan fingerprint density at radius 1 is 1.44 bits per heavy atom. The molecular formula is C12H14BrNOS. The third kappa shape index (κ3) is 2.97. The van der Waals surface area contributed by atoms with Crippen LogP contribution in [-0.4, -0.2) is 6.54 Å². The summed E-state index contributed by atoms with van der Waals surface area (Å²) in [6, 6.07) is 6.66. The number of thiophene rings is 1. The lowest BCUT2D eigenvalue weighted by molar-refractivity contribution is 0.540. The molecule has 0 aliphatic rings. The van der Waals surface area contributed by atoms with Crippen molar-refractivity contribution in [2.75, 3.05) is 6.54 Å². The van der Waals surface area contributed by atoms with Crippen LogP contribution in [0.2, 0.25) is 0 Å². The summed E-state index contributed by atoms with van der Waals surface area (Å²) < 4.78 is 6.28. The number of rotatable bonds is 5. The highest BCUT2D eigenvalue weighted by Gasteiger charge is 2.13. The van der Waals surface area contributed by atoms with Crippen LogP contribution in [0, 0.1) is 0 Å². The van der Waals surface area contributed by atoms with Gasteiger partial charge in [-0.1, -0.05) is 6.92 Å². The predicted octanol–water partition coefficient (Wildman–Crippen LogP) is 4.00. The second-order valence-corrected chi connectivity index (χ2v) is 6.08. The first-order valence-corrected chi connectivity index (χ1v) is 6.90. The molecule has 0 aromatic carbocycles. The van der Waals surface area contributed by atoms with Gasteiger partial charge in [-0.25, -0.2) is 0 Å². The molecule has 0 aliphatic carbocycles. The van der Waals surface area contributed by atoms with Crippen LogP contribution in [0.25, 0.3) is 0 Å². The maximum Gasteiger partial charge on any atom is 0.0935 e. The maximum atomic E-state index is 5.10. The maximum absolute atomic E-state index is 5.10. The summed E-state index contributed by atoms with van der Waals surface area (Å²) in [5, 5.41) is 3.50.